The molecule has 0 radical (unpaired) electrons. The molecule has 0 bridgehead atoms. The maximum absolute atomic E-state index is 14.6. The summed E-state index contributed by atoms with van der Waals surface area (Å²) in [6, 6.07) is -4.42. The first kappa shape index (κ1) is 123. The summed E-state index contributed by atoms with van der Waals surface area (Å²) in [5.74, 6) is -21.3. The summed E-state index contributed by atoms with van der Waals surface area (Å²) in [5, 5.41) is 58.7. The molecule has 1 fully saturated rings. The van der Waals surface area contributed by atoms with Gasteiger partial charge >= 0.3 is 0 Å². The van der Waals surface area contributed by atoms with Crippen LogP contribution in [0.3, 0.4) is 0 Å². The fraction of sp³-hybridized carbons (Fsp3) is 0.688. The largest absolute Gasteiger partial charge is 0.394 e. The lowest BCUT2D eigenvalue weighted by molar-refractivity contribution is -0.146. The van der Waals surface area contributed by atoms with Gasteiger partial charge in [-0.05, 0) is 206 Å². The van der Waals surface area contributed by atoms with Crippen molar-refractivity contribution in [2.24, 2.45) is 35.0 Å². The molecule has 47 nitrogen and oxygen atoms in total. The molecule has 1 aliphatic rings. The molecule has 140 heavy (non-hydrogen) atoms. The third kappa shape index (κ3) is 38.6. The second kappa shape index (κ2) is 52.3. The van der Waals surface area contributed by atoms with Gasteiger partial charge in [-0.25, -0.2) is 0 Å². The number of primary amides is 3. The fourth-order valence-corrected chi connectivity index (χ4v) is 14.1. The molecule has 0 aliphatic carbocycles. The molecule has 23 amide bonds. The van der Waals surface area contributed by atoms with Gasteiger partial charge in [-0.15, -0.1) is 0 Å². The van der Waals surface area contributed by atoms with Gasteiger partial charge in [-0.1, -0.05) is 85.2 Å². The van der Waals surface area contributed by atoms with Crippen LogP contribution in [0.1, 0.15) is 263 Å². The molecule has 1 aromatic rings. The summed E-state index contributed by atoms with van der Waals surface area (Å²) in [7, 11) is 0. The van der Waals surface area contributed by atoms with E-state index in [1.54, 1.807) is 71.9 Å². The van der Waals surface area contributed by atoms with Crippen molar-refractivity contribution >= 4 is 136 Å². The van der Waals surface area contributed by atoms with Crippen molar-refractivity contribution in [1.29, 1.82) is 0 Å². The van der Waals surface area contributed by atoms with Crippen molar-refractivity contribution in [3.05, 3.63) is 35.9 Å². The van der Waals surface area contributed by atoms with E-state index in [9.17, 15) is 115 Å². The smallest absolute Gasteiger partial charge is 0.248 e. The molecule has 47 heteroatoms. The summed E-state index contributed by atoms with van der Waals surface area (Å²) in [5.41, 5.74) is 1.09. The zero-order chi connectivity index (χ0) is 108. The van der Waals surface area contributed by atoms with Crippen LogP contribution in [0.5, 0.6) is 0 Å². The number of hydrogen-bond acceptors (Lipinski definition) is 24. The first-order valence-corrected chi connectivity index (χ1v) is 46.8. The normalized spacial score (nSPS) is 15.7. The molecule has 786 valence electrons. The SMILES string of the molecule is CC[C@H](C)[C@H](NC(=O)C(C)(C)NC(=O)[C@H](CCC(N)=O)NC(=O)C(C)(C)NC(=O)C(C)(C)NC(=O)[C@H](C)NC(=O)C(C)(C)NC(=O)[C@H](C)NC(=O)C(C)(C)NC(C)=O)C(=O)NC(C)(C)C(=O)NCC(=O)N[C@@H](CC(C)C)C(=O)NC(C)(C)C(=O)N1CCC[C@H]1C(=O)N[C@H](C(=O)NC(C)(C)C(=O)N[C@](C)(CC)C(=O)N[C@@H](CCC(N)=O)C(=O)N[C@@H](CCC(N)=O)C(=O)N[C@H](CO)Cc1ccccc1)C(C)C. The zero-order valence-electron chi connectivity index (χ0n) is 86.0. The van der Waals surface area contributed by atoms with E-state index in [0.717, 1.165) is 5.56 Å². The Morgan fingerprint density at radius 3 is 1.24 bits per heavy atom. The molecule has 0 unspecified atom stereocenters. The number of aliphatic hydroxyl groups excluding tert-OH is 1. The lowest BCUT2D eigenvalue weighted by Gasteiger charge is -2.36. The molecule has 0 saturated carbocycles. The monoisotopic (exact) mass is 1980 g/mol. The van der Waals surface area contributed by atoms with Gasteiger partial charge in [-0.3, -0.25) is 110 Å². The summed E-state index contributed by atoms with van der Waals surface area (Å²) < 4.78 is 0. The first-order chi connectivity index (χ1) is 64.1. The number of carbonyl (C=O) groups is 23. The van der Waals surface area contributed by atoms with Crippen molar-refractivity contribution in [3.63, 3.8) is 0 Å². The highest BCUT2D eigenvalue weighted by molar-refractivity contribution is 6.05. The van der Waals surface area contributed by atoms with Crippen molar-refractivity contribution in [2.75, 3.05) is 19.7 Å². The molecule has 26 N–H and O–H groups in total. The minimum absolute atomic E-state index is 0.00590. The quantitative estimate of drug-likeness (QED) is 0.0294. The van der Waals surface area contributed by atoms with E-state index in [2.05, 4.69) is 101 Å². The summed E-state index contributed by atoms with van der Waals surface area (Å²) in [6.07, 6.45) is -1.66. The van der Waals surface area contributed by atoms with E-state index >= 15 is 0 Å². The molecular weight excluding hydrogens is 1820 g/mol. The minimum atomic E-state index is -1.92. The van der Waals surface area contributed by atoms with Crippen LogP contribution in [0.4, 0.5) is 0 Å². The average molecular weight is 1980 g/mol. The number of carbonyl (C=O) groups excluding carboxylic acids is 23. The van der Waals surface area contributed by atoms with Crippen LogP contribution in [0, 0.1) is 17.8 Å². The highest BCUT2D eigenvalue weighted by Gasteiger charge is 2.49. The molecule has 2 rings (SSSR count). The van der Waals surface area contributed by atoms with E-state index in [4.69, 9.17) is 17.2 Å². The van der Waals surface area contributed by atoms with Crippen molar-refractivity contribution in [2.45, 2.75) is 374 Å². The Kier molecular flexibility index (Phi) is 46.0. The highest BCUT2D eigenvalue weighted by Crippen LogP contribution is 2.25. The number of nitrogens with zero attached hydrogens (tertiary/aromatic N) is 1. The summed E-state index contributed by atoms with van der Waals surface area (Å²) >= 11 is 0. The Bertz CT molecular complexity index is 4700. The standard InChI is InChI=1S/C93H155N23O24/c1-28-50(7)66(106-80(136)88(17,18)110-71(127)58(39-42-63(96)121)103-79(135)89(19,20)114-81(137)90(21,22)109-68(124)52(9)99-78(134)87(15,16)108-67(123)51(8)98-77(133)86(13,14)107-53(10)118)75(131)113-85(11,12)76(132)97-46-64(122)101-59(44-48(3)4)72(128)111-92(25,26)84(140)116-43-33-36-60(116)73(129)105-65(49(5)6)74(130)112-91(23,24)82(138)115-93(27,29-2)83(139)104-57(38-41-62(95)120)70(126)102-56(37-40-61(94)119)69(125)100-55(47-117)45-54-34-31-30-32-35-54/h30-32,34-35,48-52,55-60,65-66,117H,28-29,33,36-47H2,1-27H3,(H2,94,119)(H2,95,120)(H2,96,121)(H,97,132)(H,98,133)(H,99,134)(H,100,125)(H,101,122)(H,102,126)(H,103,135)(H,104,139)(H,105,129)(H,106,136)(H,107,118)(H,108,123)(H,109,124)(H,110,127)(H,111,128)(H,112,130)(H,113,131)(H,114,137)(H,115,138)/t50-,51-,52-,55-,56-,57-,58-,59-,60-,65-,66-,93+/m0/s1. The summed E-state index contributed by atoms with van der Waals surface area (Å²) in [4.78, 5) is 315. The molecule has 1 aromatic carbocycles. The fourth-order valence-electron chi connectivity index (χ4n) is 14.1. The van der Waals surface area contributed by atoms with Gasteiger partial charge < -0.3 is 128 Å². The van der Waals surface area contributed by atoms with Crippen molar-refractivity contribution in [1.82, 2.24) is 106 Å². The van der Waals surface area contributed by atoms with E-state index in [1.807, 2.05) is 0 Å². The van der Waals surface area contributed by atoms with E-state index in [0.29, 0.717) is 6.42 Å². The second-order valence-corrected chi connectivity index (χ2v) is 41.0. The van der Waals surface area contributed by atoms with Crippen molar-refractivity contribution < 1.29 is 115 Å². The Hall–Kier alpha value is -13.0. The van der Waals surface area contributed by atoms with Gasteiger partial charge in [0.2, 0.25) is 136 Å². The Morgan fingerprint density at radius 2 is 0.786 bits per heavy atom. The van der Waals surface area contributed by atoms with Gasteiger partial charge in [0.25, 0.3) is 0 Å². The maximum atomic E-state index is 14.6. The third-order valence-electron chi connectivity index (χ3n) is 23.5. The number of amides is 23. The van der Waals surface area contributed by atoms with Crippen LogP contribution < -0.4 is 118 Å². The number of nitrogens with two attached hydrogens (primary N) is 3. The van der Waals surface area contributed by atoms with Gasteiger partial charge in [-0.2, -0.15) is 0 Å². The topological polar surface area (TPSA) is 723 Å². The van der Waals surface area contributed by atoms with Crippen LogP contribution in [0.25, 0.3) is 0 Å². The predicted octanol–water partition coefficient (Wildman–Crippen LogP) is -4.26. The highest BCUT2D eigenvalue weighted by atomic mass is 16.3. The Labute approximate surface area is 818 Å². The molecule has 0 spiro atoms. The maximum Gasteiger partial charge on any atom is 0.248 e. The van der Waals surface area contributed by atoms with Gasteiger partial charge in [0.15, 0.2) is 0 Å². The van der Waals surface area contributed by atoms with Crippen LogP contribution in [0.2, 0.25) is 0 Å². The number of benzene rings is 1. The number of hydrogen-bond donors (Lipinski definition) is 23. The second-order valence-electron chi connectivity index (χ2n) is 41.0. The molecule has 1 saturated heterocycles. The molecule has 1 aliphatic heterocycles. The molecular formula is C93H155N23O24. The van der Waals surface area contributed by atoms with E-state index < -0.39 is 297 Å². The molecule has 12 atom stereocenters. The van der Waals surface area contributed by atoms with Crippen molar-refractivity contribution in [3.8, 4) is 0 Å². The Morgan fingerprint density at radius 1 is 0.400 bits per heavy atom. The van der Waals surface area contributed by atoms with Crippen LogP contribution in [-0.4, -0.2) is 276 Å². The minimum Gasteiger partial charge on any atom is -0.394 e. The number of nitrogens with one attached hydrogen (secondary N) is 19. The number of aliphatic hydroxyl groups is 1. The lowest BCUT2D eigenvalue weighted by Crippen LogP contribution is -2.67. The van der Waals surface area contributed by atoms with E-state index in [1.165, 1.54) is 150 Å². The van der Waals surface area contributed by atoms with Gasteiger partial charge in [0, 0.05) is 32.7 Å². The van der Waals surface area contributed by atoms with Gasteiger partial charge in [0.05, 0.1) is 19.2 Å². The summed E-state index contributed by atoms with van der Waals surface area (Å²) in [6.45, 7) is 36.6. The zero-order valence-corrected chi connectivity index (χ0v) is 86.0. The van der Waals surface area contributed by atoms with E-state index in [-0.39, 0.29) is 57.4 Å². The third-order valence-corrected chi connectivity index (χ3v) is 23.5. The lowest BCUT2D eigenvalue weighted by atomic mass is 9.93. The molecule has 1 heterocycles. The number of likely N-dealkylation sites (tertiary alicyclic amines) is 1. The first-order valence-electron chi connectivity index (χ1n) is 46.8. The molecule has 0 aromatic heterocycles. The number of rotatable bonds is 56. The van der Waals surface area contributed by atoms with Crippen LogP contribution in [-0.2, 0) is 117 Å². The van der Waals surface area contributed by atoms with Crippen LogP contribution >= 0.6 is 0 Å². The van der Waals surface area contributed by atoms with Crippen LogP contribution in [0.15, 0.2) is 30.3 Å². The predicted molar refractivity (Wildman–Crippen MR) is 513 cm³/mol. The van der Waals surface area contributed by atoms with Gasteiger partial charge in [0.1, 0.15) is 104 Å². The Balaban J connectivity index is 2.22. The average Bonchev–Trinajstić information content (AvgIpc) is 1.34.